The SMILES string of the molecule is CC1CCC(NC(=O)c2cc(Cl)cc(Br)c2)C(C)C1. The molecule has 0 spiro atoms. The predicted molar refractivity (Wildman–Crippen MR) is 82.6 cm³/mol. The van der Waals surface area contributed by atoms with Crippen molar-refractivity contribution in [3.8, 4) is 0 Å². The predicted octanol–water partition coefficient (Wildman–Crippen LogP) is 4.66. The summed E-state index contributed by atoms with van der Waals surface area (Å²) in [7, 11) is 0. The first-order valence-electron chi connectivity index (χ1n) is 6.72. The van der Waals surface area contributed by atoms with E-state index in [1.54, 1.807) is 18.2 Å². The summed E-state index contributed by atoms with van der Waals surface area (Å²) in [6.07, 6.45) is 3.44. The highest BCUT2D eigenvalue weighted by Gasteiger charge is 2.26. The van der Waals surface area contributed by atoms with E-state index in [1.807, 2.05) is 0 Å². The van der Waals surface area contributed by atoms with Crippen molar-refractivity contribution < 1.29 is 4.79 Å². The smallest absolute Gasteiger partial charge is 0.251 e. The summed E-state index contributed by atoms with van der Waals surface area (Å²) in [5, 5.41) is 3.72. The van der Waals surface area contributed by atoms with E-state index in [-0.39, 0.29) is 11.9 Å². The number of nitrogens with one attached hydrogen (secondary N) is 1. The van der Waals surface area contributed by atoms with Crippen molar-refractivity contribution in [3.05, 3.63) is 33.3 Å². The van der Waals surface area contributed by atoms with Gasteiger partial charge in [-0.25, -0.2) is 0 Å². The Morgan fingerprint density at radius 3 is 2.68 bits per heavy atom. The molecular formula is C15H19BrClNO. The summed E-state index contributed by atoms with van der Waals surface area (Å²) in [6.45, 7) is 4.50. The van der Waals surface area contributed by atoms with E-state index in [9.17, 15) is 4.79 Å². The van der Waals surface area contributed by atoms with Gasteiger partial charge >= 0.3 is 0 Å². The van der Waals surface area contributed by atoms with Crippen molar-refractivity contribution >= 4 is 33.4 Å². The van der Waals surface area contributed by atoms with Gasteiger partial charge in [0, 0.05) is 21.1 Å². The maximum Gasteiger partial charge on any atom is 0.251 e. The van der Waals surface area contributed by atoms with Crippen LogP contribution in [0, 0.1) is 11.8 Å². The Balaban J connectivity index is 2.04. The summed E-state index contributed by atoms with van der Waals surface area (Å²) in [5.41, 5.74) is 0.616. The molecule has 4 heteroatoms. The van der Waals surface area contributed by atoms with Crippen LogP contribution in [-0.2, 0) is 0 Å². The third kappa shape index (κ3) is 3.96. The summed E-state index contributed by atoms with van der Waals surface area (Å²) >= 11 is 9.34. The monoisotopic (exact) mass is 343 g/mol. The molecule has 0 radical (unpaired) electrons. The van der Waals surface area contributed by atoms with Gasteiger partial charge in [0.1, 0.15) is 0 Å². The van der Waals surface area contributed by atoms with Crippen molar-refractivity contribution in [2.75, 3.05) is 0 Å². The second kappa shape index (κ2) is 6.27. The minimum absolute atomic E-state index is 0.0328. The second-order valence-electron chi connectivity index (χ2n) is 5.63. The lowest BCUT2D eigenvalue weighted by atomic mass is 9.80. The van der Waals surface area contributed by atoms with Crippen LogP contribution in [0.15, 0.2) is 22.7 Å². The van der Waals surface area contributed by atoms with E-state index in [1.165, 1.54) is 12.8 Å². The number of carbonyl (C=O) groups is 1. The highest BCUT2D eigenvalue weighted by atomic mass is 79.9. The van der Waals surface area contributed by atoms with Crippen LogP contribution in [0.4, 0.5) is 0 Å². The molecule has 1 aliphatic rings. The lowest BCUT2D eigenvalue weighted by molar-refractivity contribution is 0.0899. The first kappa shape index (κ1) is 14.9. The normalized spacial score (nSPS) is 27.1. The summed E-state index contributed by atoms with van der Waals surface area (Å²) in [5.74, 6) is 1.27. The Labute approximate surface area is 128 Å². The van der Waals surface area contributed by atoms with Crippen LogP contribution in [0.1, 0.15) is 43.5 Å². The van der Waals surface area contributed by atoms with Gasteiger partial charge in [-0.1, -0.05) is 41.4 Å². The average molecular weight is 345 g/mol. The minimum Gasteiger partial charge on any atom is -0.349 e. The molecule has 1 saturated carbocycles. The Bertz CT molecular complexity index is 457. The number of hydrogen-bond acceptors (Lipinski definition) is 1. The number of carbonyl (C=O) groups excluding carboxylic acids is 1. The molecule has 2 rings (SSSR count). The van der Waals surface area contributed by atoms with Crippen LogP contribution in [-0.4, -0.2) is 11.9 Å². The Morgan fingerprint density at radius 2 is 2.05 bits per heavy atom. The molecule has 2 nitrogen and oxygen atoms in total. The number of rotatable bonds is 2. The number of hydrogen-bond donors (Lipinski definition) is 1. The fraction of sp³-hybridized carbons (Fsp3) is 0.533. The van der Waals surface area contributed by atoms with Crippen molar-refractivity contribution in [2.45, 2.75) is 39.2 Å². The fourth-order valence-electron chi connectivity index (χ4n) is 2.82. The van der Waals surface area contributed by atoms with Crippen molar-refractivity contribution in [2.24, 2.45) is 11.8 Å². The fourth-order valence-corrected chi connectivity index (χ4v) is 3.68. The van der Waals surface area contributed by atoms with E-state index < -0.39 is 0 Å². The van der Waals surface area contributed by atoms with Crippen LogP contribution in [0.25, 0.3) is 0 Å². The van der Waals surface area contributed by atoms with Crippen LogP contribution >= 0.6 is 27.5 Å². The van der Waals surface area contributed by atoms with Gasteiger partial charge in [0.05, 0.1) is 0 Å². The second-order valence-corrected chi connectivity index (χ2v) is 6.99. The van der Waals surface area contributed by atoms with Gasteiger partial charge in [-0.2, -0.15) is 0 Å². The Hall–Kier alpha value is -0.540. The van der Waals surface area contributed by atoms with Crippen LogP contribution in [0.5, 0.6) is 0 Å². The maximum absolute atomic E-state index is 12.3. The molecule has 0 heterocycles. The zero-order valence-corrected chi connectivity index (χ0v) is 13.6. The van der Waals surface area contributed by atoms with Gasteiger partial charge in [0.2, 0.25) is 0 Å². The van der Waals surface area contributed by atoms with E-state index in [0.29, 0.717) is 16.5 Å². The molecular weight excluding hydrogens is 326 g/mol. The number of halogens is 2. The van der Waals surface area contributed by atoms with E-state index in [2.05, 4.69) is 35.1 Å². The third-order valence-electron chi connectivity index (χ3n) is 3.87. The zero-order valence-electron chi connectivity index (χ0n) is 11.2. The lowest BCUT2D eigenvalue weighted by Crippen LogP contribution is -2.42. The molecule has 1 amide bonds. The van der Waals surface area contributed by atoms with Crippen LogP contribution in [0.3, 0.4) is 0 Å². The van der Waals surface area contributed by atoms with E-state index in [4.69, 9.17) is 11.6 Å². The Kier molecular flexibility index (Phi) is 4.91. The number of amides is 1. The third-order valence-corrected chi connectivity index (χ3v) is 4.55. The molecule has 19 heavy (non-hydrogen) atoms. The zero-order chi connectivity index (χ0) is 14.0. The van der Waals surface area contributed by atoms with Crippen LogP contribution < -0.4 is 5.32 Å². The molecule has 0 aromatic heterocycles. The van der Waals surface area contributed by atoms with Crippen molar-refractivity contribution in [1.82, 2.24) is 5.32 Å². The molecule has 1 N–H and O–H groups in total. The first-order valence-corrected chi connectivity index (χ1v) is 7.89. The van der Waals surface area contributed by atoms with Gasteiger partial charge < -0.3 is 5.32 Å². The highest BCUT2D eigenvalue weighted by Crippen LogP contribution is 2.29. The van der Waals surface area contributed by atoms with Gasteiger partial charge in [-0.3, -0.25) is 4.79 Å². The van der Waals surface area contributed by atoms with Gasteiger partial charge in [-0.05, 0) is 49.3 Å². The Morgan fingerprint density at radius 1 is 1.32 bits per heavy atom. The van der Waals surface area contributed by atoms with E-state index in [0.717, 1.165) is 16.8 Å². The molecule has 0 aliphatic heterocycles. The molecule has 3 atom stereocenters. The average Bonchev–Trinajstić information content (AvgIpc) is 2.31. The van der Waals surface area contributed by atoms with Gasteiger partial charge in [0.25, 0.3) is 5.91 Å². The maximum atomic E-state index is 12.3. The summed E-state index contributed by atoms with van der Waals surface area (Å²) < 4.78 is 0.829. The summed E-state index contributed by atoms with van der Waals surface area (Å²) in [4.78, 5) is 12.3. The van der Waals surface area contributed by atoms with Gasteiger partial charge in [0.15, 0.2) is 0 Å². The topological polar surface area (TPSA) is 29.1 Å². The molecule has 0 bridgehead atoms. The largest absolute Gasteiger partial charge is 0.349 e. The van der Waals surface area contributed by atoms with Gasteiger partial charge in [-0.15, -0.1) is 0 Å². The lowest BCUT2D eigenvalue weighted by Gasteiger charge is -2.33. The van der Waals surface area contributed by atoms with Crippen molar-refractivity contribution in [3.63, 3.8) is 0 Å². The molecule has 3 unspecified atom stereocenters. The molecule has 1 aromatic rings. The molecule has 1 aliphatic carbocycles. The standard InChI is InChI=1S/C15H19BrClNO/c1-9-3-4-14(10(2)5-9)18-15(19)11-6-12(16)8-13(17)7-11/h6-10,14H,3-5H2,1-2H3,(H,18,19). The van der Waals surface area contributed by atoms with E-state index >= 15 is 0 Å². The molecule has 1 aromatic carbocycles. The van der Waals surface area contributed by atoms with Crippen molar-refractivity contribution in [1.29, 1.82) is 0 Å². The minimum atomic E-state index is -0.0328. The molecule has 1 fully saturated rings. The first-order chi connectivity index (χ1) is 8.95. The molecule has 104 valence electrons. The quantitative estimate of drug-likeness (QED) is 0.831. The number of benzene rings is 1. The highest BCUT2D eigenvalue weighted by molar-refractivity contribution is 9.10. The van der Waals surface area contributed by atoms with Crippen LogP contribution in [0.2, 0.25) is 5.02 Å². The molecule has 0 saturated heterocycles. The summed E-state index contributed by atoms with van der Waals surface area (Å²) in [6, 6.07) is 5.57.